The molecule has 150 valence electrons. The molecule has 0 saturated carbocycles. The molecule has 4 nitrogen and oxygen atoms in total. The van der Waals surface area contributed by atoms with Gasteiger partial charge < -0.3 is 15.1 Å². The molecular weight excluding hydrogens is 377 g/mol. The molecule has 0 radical (unpaired) electrons. The van der Waals surface area contributed by atoms with Crippen LogP contribution in [0.25, 0.3) is 0 Å². The lowest BCUT2D eigenvalue weighted by molar-refractivity contribution is -0.692. The van der Waals surface area contributed by atoms with Gasteiger partial charge in [0.05, 0.1) is 10.7 Å². The lowest BCUT2D eigenvalue weighted by Crippen LogP contribution is -2.88. The fourth-order valence-corrected chi connectivity index (χ4v) is 4.00. The first-order chi connectivity index (χ1) is 13.5. The van der Waals surface area contributed by atoms with Gasteiger partial charge in [0.25, 0.3) is 5.91 Å². The Morgan fingerprint density at radius 1 is 1.07 bits per heavy atom. The van der Waals surface area contributed by atoms with Crippen LogP contribution in [0.1, 0.15) is 25.5 Å². The number of rotatable bonds is 6. The molecule has 0 aromatic heterocycles. The number of para-hydroxylation sites is 1. The van der Waals surface area contributed by atoms with Crippen molar-refractivity contribution in [3.63, 3.8) is 0 Å². The molecule has 28 heavy (non-hydrogen) atoms. The first-order valence-electron chi connectivity index (χ1n) is 9.81. The predicted octanol–water partition coefficient (Wildman–Crippen LogP) is 3.09. The number of nitrogens with zero attached hydrogens (tertiary/aromatic N) is 2. The Balaban J connectivity index is 1.53. The van der Waals surface area contributed by atoms with Gasteiger partial charge >= 0.3 is 0 Å². The van der Waals surface area contributed by atoms with E-state index in [9.17, 15) is 9.18 Å². The molecule has 1 aliphatic rings. The number of quaternary nitrogens is 1. The van der Waals surface area contributed by atoms with E-state index in [-0.39, 0.29) is 17.8 Å². The number of hydrogen-bond acceptors (Lipinski definition) is 2. The Morgan fingerprint density at radius 3 is 2.32 bits per heavy atom. The fourth-order valence-electron chi connectivity index (χ4n) is 3.74. The minimum absolute atomic E-state index is 0.133. The van der Waals surface area contributed by atoms with Gasteiger partial charge in [-0.3, -0.25) is 4.79 Å². The molecule has 3 rings (SSSR count). The molecule has 1 amide bonds. The lowest BCUT2D eigenvalue weighted by atomic mass is 9.96. The van der Waals surface area contributed by atoms with E-state index >= 15 is 0 Å². The maximum Gasteiger partial charge on any atom is 0.277 e. The summed E-state index contributed by atoms with van der Waals surface area (Å²) in [6.07, 6.45) is 0. The van der Waals surface area contributed by atoms with E-state index in [1.54, 1.807) is 0 Å². The Hall–Kier alpha value is -2.11. The Kier molecular flexibility index (Phi) is 6.92. The molecule has 1 aliphatic heterocycles. The number of halogens is 2. The van der Waals surface area contributed by atoms with Crippen molar-refractivity contribution in [2.24, 2.45) is 5.92 Å². The Bertz CT molecular complexity index is 789. The highest BCUT2D eigenvalue weighted by molar-refractivity contribution is 6.33. The maximum absolute atomic E-state index is 13.2. The molecule has 2 aromatic rings. The molecule has 2 aromatic carbocycles. The average molecular weight is 405 g/mol. The first-order valence-corrected chi connectivity index (χ1v) is 10.2. The van der Waals surface area contributed by atoms with Crippen LogP contribution in [0, 0.1) is 11.7 Å². The third-order valence-electron chi connectivity index (χ3n) is 5.35. The van der Waals surface area contributed by atoms with E-state index in [0.29, 0.717) is 25.6 Å². The number of benzene rings is 2. The Morgan fingerprint density at radius 2 is 1.71 bits per heavy atom. The number of carbonyl (C=O) groups excluding carboxylic acids is 1. The van der Waals surface area contributed by atoms with Crippen molar-refractivity contribution < 1.29 is 14.5 Å². The van der Waals surface area contributed by atoms with Crippen LogP contribution < -0.4 is 10.2 Å². The number of hydrogen-bond donors (Lipinski definition) is 1. The first kappa shape index (κ1) is 20.6. The van der Waals surface area contributed by atoms with Crippen LogP contribution in [-0.4, -0.2) is 43.5 Å². The fraction of sp³-hybridized carbons (Fsp3) is 0.409. The molecule has 1 fully saturated rings. The second-order valence-electron chi connectivity index (χ2n) is 7.58. The zero-order valence-electron chi connectivity index (χ0n) is 16.4. The number of amides is 1. The van der Waals surface area contributed by atoms with Crippen molar-refractivity contribution in [1.82, 2.24) is 4.90 Å². The van der Waals surface area contributed by atoms with E-state index in [0.717, 1.165) is 29.4 Å². The minimum Gasteiger partial charge on any atom is -0.367 e. The summed E-state index contributed by atoms with van der Waals surface area (Å²) in [6.45, 7) is 7.59. The van der Waals surface area contributed by atoms with Gasteiger partial charge in [0, 0.05) is 37.7 Å². The Labute approximate surface area is 171 Å². The summed E-state index contributed by atoms with van der Waals surface area (Å²) in [5, 5.41) is 2.82. The van der Waals surface area contributed by atoms with Gasteiger partial charge in [-0.25, -0.2) is 4.39 Å². The smallest absolute Gasteiger partial charge is 0.277 e. The van der Waals surface area contributed by atoms with Crippen LogP contribution in [0.3, 0.4) is 0 Å². The van der Waals surface area contributed by atoms with Gasteiger partial charge in [0.1, 0.15) is 11.9 Å². The molecule has 0 spiro atoms. The van der Waals surface area contributed by atoms with E-state index in [2.05, 4.69) is 24.1 Å². The summed E-state index contributed by atoms with van der Waals surface area (Å²) in [7, 11) is 0. The summed E-state index contributed by atoms with van der Waals surface area (Å²) < 4.78 is 13.2. The highest BCUT2D eigenvalue weighted by atomic mass is 35.5. The molecule has 2 N–H and O–H groups in total. The zero-order valence-corrected chi connectivity index (χ0v) is 17.2. The number of piperazine rings is 1. The maximum atomic E-state index is 13.2. The van der Waals surface area contributed by atoms with E-state index < -0.39 is 0 Å². The molecule has 6 heteroatoms. The van der Waals surface area contributed by atoms with Gasteiger partial charge in [0.15, 0.2) is 6.54 Å². The van der Waals surface area contributed by atoms with Crippen molar-refractivity contribution in [3.8, 4) is 0 Å². The van der Waals surface area contributed by atoms with Crippen molar-refractivity contribution in [3.05, 3.63) is 64.9 Å². The van der Waals surface area contributed by atoms with Gasteiger partial charge in [-0.1, -0.05) is 49.7 Å². The third kappa shape index (κ3) is 5.03. The van der Waals surface area contributed by atoms with E-state index in [1.165, 1.54) is 12.1 Å². The highest BCUT2D eigenvalue weighted by Crippen LogP contribution is 2.26. The van der Waals surface area contributed by atoms with Crippen LogP contribution in [0.2, 0.25) is 5.02 Å². The summed E-state index contributed by atoms with van der Waals surface area (Å²) in [5.41, 5.74) is 2.08. The SMILES string of the molecule is CC(C)[C@@H]([NH2+]CC(=O)N1CCN(c2ccccc2Cl)CC1)c1ccc(F)cc1. The molecule has 0 unspecified atom stereocenters. The third-order valence-corrected chi connectivity index (χ3v) is 5.66. The summed E-state index contributed by atoms with van der Waals surface area (Å²) in [6, 6.07) is 14.5. The van der Waals surface area contributed by atoms with Crippen LogP contribution in [0.4, 0.5) is 10.1 Å². The predicted molar refractivity (Wildman–Crippen MR) is 111 cm³/mol. The van der Waals surface area contributed by atoms with Gasteiger partial charge in [-0.05, 0) is 24.3 Å². The molecular formula is C22H28ClFN3O+. The van der Waals surface area contributed by atoms with Gasteiger partial charge in [0.2, 0.25) is 0 Å². The van der Waals surface area contributed by atoms with Crippen molar-refractivity contribution >= 4 is 23.2 Å². The van der Waals surface area contributed by atoms with Crippen LogP contribution in [0.5, 0.6) is 0 Å². The van der Waals surface area contributed by atoms with E-state index in [4.69, 9.17) is 11.6 Å². The van der Waals surface area contributed by atoms with Crippen molar-refractivity contribution in [1.29, 1.82) is 0 Å². The molecule has 1 atom stereocenters. The second kappa shape index (κ2) is 9.39. The number of nitrogens with two attached hydrogens (primary N) is 1. The summed E-state index contributed by atoms with van der Waals surface area (Å²) in [5.74, 6) is 0.251. The normalized spacial score (nSPS) is 15.8. The lowest BCUT2D eigenvalue weighted by Gasteiger charge is -2.36. The quantitative estimate of drug-likeness (QED) is 0.803. The molecule has 1 saturated heterocycles. The standard InChI is InChI=1S/C22H27ClFN3O/c1-16(2)22(17-7-9-18(24)10-8-17)25-15-21(28)27-13-11-26(12-14-27)20-6-4-3-5-19(20)23/h3-10,16,22,25H,11-15H2,1-2H3/p+1/t22-/m1/s1. The largest absolute Gasteiger partial charge is 0.367 e. The minimum atomic E-state index is -0.237. The van der Waals surface area contributed by atoms with Crippen molar-refractivity contribution in [2.75, 3.05) is 37.6 Å². The summed E-state index contributed by atoms with van der Waals surface area (Å²) in [4.78, 5) is 16.9. The monoisotopic (exact) mass is 404 g/mol. The van der Waals surface area contributed by atoms with E-state index in [1.807, 2.05) is 41.3 Å². The van der Waals surface area contributed by atoms with Crippen LogP contribution >= 0.6 is 11.6 Å². The van der Waals surface area contributed by atoms with Crippen LogP contribution in [0.15, 0.2) is 48.5 Å². The molecule has 1 heterocycles. The second-order valence-corrected chi connectivity index (χ2v) is 7.99. The number of anilines is 1. The molecule has 0 aliphatic carbocycles. The van der Waals surface area contributed by atoms with Gasteiger partial charge in [-0.15, -0.1) is 0 Å². The van der Waals surface area contributed by atoms with Crippen molar-refractivity contribution in [2.45, 2.75) is 19.9 Å². The average Bonchev–Trinajstić information content (AvgIpc) is 2.69. The van der Waals surface area contributed by atoms with Gasteiger partial charge in [-0.2, -0.15) is 0 Å². The highest BCUT2D eigenvalue weighted by Gasteiger charge is 2.25. The number of carbonyl (C=O) groups is 1. The summed E-state index contributed by atoms with van der Waals surface area (Å²) >= 11 is 6.29. The molecule has 0 bridgehead atoms. The van der Waals surface area contributed by atoms with Crippen LogP contribution in [-0.2, 0) is 4.79 Å². The topological polar surface area (TPSA) is 40.2 Å². The zero-order chi connectivity index (χ0) is 20.1.